The SMILES string of the molecule is CC(C)NC(=O)Cn1nc(C(=O)O)ccc1=O. The maximum absolute atomic E-state index is 11.4. The number of nitrogens with one attached hydrogen (secondary N) is 1. The number of aromatic carboxylic acids is 1. The first-order valence-electron chi connectivity index (χ1n) is 5.01. The fourth-order valence-corrected chi connectivity index (χ4v) is 1.18. The van der Waals surface area contributed by atoms with Gasteiger partial charge in [0, 0.05) is 12.1 Å². The molecular formula is C10H13N3O4. The molecule has 1 heterocycles. The molecule has 0 aliphatic heterocycles. The monoisotopic (exact) mass is 239 g/mol. The molecule has 0 bridgehead atoms. The number of carboxylic acids is 1. The normalized spacial score (nSPS) is 10.3. The largest absolute Gasteiger partial charge is 0.476 e. The van der Waals surface area contributed by atoms with Crippen LogP contribution in [0.4, 0.5) is 0 Å². The highest BCUT2D eigenvalue weighted by Gasteiger charge is 2.10. The van der Waals surface area contributed by atoms with E-state index in [1.807, 2.05) is 0 Å². The lowest BCUT2D eigenvalue weighted by Crippen LogP contribution is -2.37. The van der Waals surface area contributed by atoms with Crippen molar-refractivity contribution in [1.29, 1.82) is 0 Å². The van der Waals surface area contributed by atoms with Gasteiger partial charge in [-0.25, -0.2) is 9.48 Å². The third kappa shape index (κ3) is 3.71. The molecule has 0 aliphatic rings. The van der Waals surface area contributed by atoms with Crippen LogP contribution in [0.5, 0.6) is 0 Å². The van der Waals surface area contributed by atoms with Gasteiger partial charge in [0.25, 0.3) is 5.56 Å². The minimum absolute atomic E-state index is 0.0548. The van der Waals surface area contributed by atoms with Crippen LogP contribution in [0.2, 0.25) is 0 Å². The van der Waals surface area contributed by atoms with Gasteiger partial charge in [0.05, 0.1) is 0 Å². The molecule has 0 unspecified atom stereocenters. The minimum Gasteiger partial charge on any atom is -0.476 e. The summed E-state index contributed by atoms with van der Waals surface area (Å²) in [4.78, 5) is 33.4. The van der Waals surface area contributed by atoms with Crippen LogP contribution in [0, 0.1) is 0 Å². The molecule has 0 aliphatic carbocycles. The lowest BCUT2D eigenvalue weighted by molar-refractivity contribution is -0.122. The van der Waals surface area contributed by atoms with Crippen molar-refractivity contribution in [2.75, 3.05) is 0 Å². The van der Waals surface area contributed by atoms with E-state index in [1.54, 1.807) is 13.8 Å². The van der Waals surface area contributed by atoms with Gasteiger partial charge in [-0.1, -0.05) is 0 Å². The summed E-state index contributed by atoms with van der Waals surface area (Å²) < 4.78 is 0.821. The zero-order chi connectivity index (χ0) is 13.0. The fraction of sp³-hybridized carbons (Fsp3) is 0.400. The van der Waals surface area contributed by atoms with Crippen LogP contribution < -0.4 is 10.9 Å². The Balaban J connectivity index is 2.90. The van der Waals surface area contributed by atoms with Gasteiger partial charge >= 0.3 is 5.97 Å². The quantitative estimate of drug-likeness (QED) is 0.735. The molecule has 1 amide bonds. The Morgan fingerprint density at radius 1 is 1.47 bits per heavy atom. The molecule has 0 saturated heterocycles. The second-order valence-electron chi connectivity index (χ2n) is 3.74. The molecule has 1 rings (SSSR count). The first-order valence-corrected chi connectivity index (χ1v) is 5.01. The van der Waals surface area contributed by atoms with Crippen LogP contribution in [-0.2, 0) is 11.3 Å². The number of carboxylic acid groups (broad SMARTS) is 1. The van der Waals surface area contributed by atoms with Crippen molar-refractivity contribution in [3.05, 3.63) is 28.2 Å². The van der Waals surface area contributed by atoms with Crippen molar-refractivity contribution in [2.24, 2.45) is 0 Å². The van der Waals surface area contributed by atoms with Crippen molar-refractivity contribution in [2.45, 2.75) is 26.4 Å². The number of rotatable bonds is 4. The van der Waals surface area contributed by atoms with E-state index in [1.165, 1.54) is 0 Å². The number of carbonyl (C=O) groups is 2. The first-order chi connectivity index (χ1) is 7.90. The summed E-state index contributed by atoms with van der Waals surface area (Å²) in [5.41, 5.74) is -0.796. The molecule has 0 saturated carbocycles. The van der Waals surface area contributed by atoms with E-state index in [0.29, 0.717) is 0 Å². The summed E-state index contributed by atoms with van der Waals surface area (Å²) in [6, 6.07) is 2.11. The maximum atomic E-state index is 11.4. The van der Waals surface area contributed by atoms with E-state index in [2.05, 4.69) is 10.4 Å². The Morgan fingerprint density at radius 2 is 2.12 bits per heavy atom. The molecule has 0 radical (unpaired) electrons. The highest BCUT2D eigenvalue weighted by Crippen LogP contribution is 1.90. The number of aromatic nitrogens is 2. The molecular weight excluding hydrogens is 226 g/mol. The Morgan fingerprint density at radius 3 is 2.65 bits per heavy atom. The molecule has 7 heteroatoms. The van der Waals surface area contributed by atoms with Crippen molar-refractivity contribution in [1.82, 2.24) is 15.1 Å². The number of hydrogen-bond donors (Lipinski definition) is 2. The van der Waals surface area contributed by atoms with Gasteiger partial charge in [-0.2, -0.15) is 5.10 Å². The number of nitrogens with zero attached hydrogens (tertiary/aromatic N) is 2. The summed E-state index contributed by atoms with van der Waals surface area (Å²) >= 11 is 0. The highest BCUT2D eigenvalue weighted by atomic mass is 16.4. The highest BCUT2D eigenvalue weighted by molar-refractivity contribution is 5.85. The lowest BCUT2D eigenvalue weighted by atomic mass is 10.4. The van der Waals surface area contributed by atoms with Crippen LogP contribution >= 0.6 is 0 Å². The fourth-order valence-electron chi connectivity index (χ4n) is 1.18. The van der Waals surface area contributed by atoms with Gasteiger partial charge in [0.15, 0.2) is 5.69 Å². The summed E-state index contributed by atoms with van der Waals surface area (Å²) in [6.45, 7) is 3.27. The third-order valence-electron chi connectivity index (χ3n) is 1.83. The lowest BCUT2D eigenvalue weighted by Gasteiger charge is -2.09. The second kappa shape index (κ2) is 5.24. The van der Waals surface area contributed by atoms with Gasteiger partial charge in [-0.3, -0.25) is 9.59 Å². The van der Waals surface area contributed by atoms with E-state index >= 15 is 0 Å². The van der Waals surface area contributed by atoms with E-state index < -0.39 is 17.4 Å². The number of hydrogen-bond acceptors (Lipinski definition) is 4. The molecule has 92 valence electrons. The van der Waals surface area contributed by atoms with Crippen molar-refractivity contribution in [3.8, 4) is 0 Å². The van der Waals surface area contributed by atoms with Crippen LogP contribution in [0.1, 0.15) is 24.3 Å². The van der Waals surface area contributed by atoms with Gasteiger partial charge in [0.1, 0.15) is 6.54 Å². The molecule has 0 fully saturated rings. The Kier molecular flexibility index (Phi) is 3.97. The smallest absolute Gasteiger partial charge is 0.356 e. The van der Waals surface area contributed by atoms with Crippen LogP contribution in [-0.4, -0.2) is 32.8 Å². The Bertz CT molecular complexity index is 493. The van der Waals surface area contributed by atoms with Crippen LogP contribution in [0.15, 0.2) is 16.9 Å². The second-order valence-corrected chi connectivity index (χ2v) is 3.74. The zero-order valence-electron chi connectivity index (χ0n) is 9.51. The minimum atomic E-state index is -1.25. The van der Waals surface area contributed by atoms with Crippen molar-refractivity contribution in [3.63, 3.8) is 0 Å². The van der Waals surface area contributed by atoms with E-state index in [9.17, 15) is 14.4 Å². The van der Waals surface area contributed by atoms with Gasteiger partial charge in [-0.15, -0.1) is 0 Å². The first kappa shape index (κ1) is 12.9. The molecule has 0 aromatic carbocycles. The average molecular weight is 239 g/mol. The Hall–Kier alpha value is -2.18. The van der Waals surface area contributed by atoms with Crippen LogP contribution in [0.3, 0.4) is 0 Å². The standard InChI is InChI=1S/C10H13N3O4/c1-6(2)11-8(14)5-13-9(15)4-3-7(12-13)10(16)17/h3-4,6H,5H2,1-2H3,(H,11,14)(H,16,17). The van der Waals surface area contributed by atoms with Crippen LogP contribution in [0.25, 0.3) is 0 Å². The number of carbonyl (C=O) groups excluding carboxylic acids is 1. The molecule has 7 nitrogen and oxygen atoms in total. The zero-order valence-corrected chi connectivity index (χ0v) is 9.51. The predicted molar refractivity (Wildman–Crippen MR) is 58.7 cm³/mol. The molecule has 2 N–H and O–H groups in total. The molecule has 1 aromatic heterocycles. The number of amides is 1. The predicted octanol–water partition coefficient (Wildman–Crippen LogP) is -0.534. The summed E-state index contributed by atoms with van der Waals surface area (Å²) in [5.74, 6) is -1.64. The molecule has 1 aromatic rings. The van der Waals surface area contributed by atoms with Gasteiger partial charge < -0.3 is 10.4 Å². The molecule has 17 heavy (non-hydrogen) atoms. The molecule has 0 atom stereocenters. The molecule has 0 spiro atoms. The van der Waals surface area contributed by atoms with Gasteiger partial charge in [0.2, 0.25) is 5.91 Å². The summed E-state index contributed by atoms with van der Waals surface area (Å²) in [6.07, 6.45) is 0. The summed E-state index contributed by atoms with van der Waals surface area (Å²) in [5, 5.41) is 14.8. The van der Waals surface area contributed by atoms with Crippen molar-refractivity contribution < 1.29 is 14.7 Å². The maximum Gasteiger partial charge on any atom is 0.356 e. The summed E-state index contributed by atoms with van der Waals surface area (Å²) in [7, 11) is 0. The van der Waals surface area contributed by atoms with E-state index in [0.717, 1.165) is 16.8 Å². The Labute approximate surface area is 97.1 Å². The van der Waals surface area contributed by atoms with E-state index in [4.69, 9.17) is 5.11 Å². The van der Waals surface area contributed by atoms with Gasteiger partial charge in [-0.05, 0) is 19.9 Å². The van der Waals surface area contributed by atoms with E-state index in [-0.39, 0.29) is 18.3 Å². The third-order valence-corrected chi connectivity index (χ3v) is 1.83. The van der Waals surface area contributed by atoms with Crippen molar-refractivity contribution >= 4 is 11.9 Å². The topological polar surface area (TPSA) is 101 Å². The average Bonchev–Trinajstić information content (AvgIpc) is 2.19.